The molecule has 0 amide bonds. The van der Waals surface area contributed by atoms with Crippen LogP contribution >= 0.6 is 23.2 Å². The maximum atomic E-state index is 12.2. The van der Waals surface area contributed by atoms with E-state index in [4.69, 9.17) is 23.2 Å². The zero-order valence-electron chi connectivity index (χ0n) is 10.5. The summed E-state index contributed by atoms with van der Waals surface area (Å²) in [4.78, 5) is 7.54. The average molecular weight is 332 g/mol. The second-order valence-electron chi connectivity index (χ2n) is 3.95. The van der Waals surface area contributed by atoms with Gasteiger partial charge in [0.15, 0.2) is 0 Å². The predicted octanol–water partition coefficient (Wildman–Crippen LogP) is 3.15. The Balaban J connectivity index is 2.30. The van der Waals surface area contributed by atoms with Gasteiger partial charge in [-0.05, 0) is 35.7 Å². The molecule has 2 aromatic rings. The van der Waals surface area contributed by atoms with Crippen molar-refractivity contribution in [1.29, 1.82) is 0 Å². The van der Waals surface area contributed by atoms with Crippen molar-refractivity contribution in [2.45, 2.75) is 18.2 Å². The van der Waals surface area contributed by atoms with Crippen LogP contribution in [0.25, 0.3) is 0 Å². The molecule has 5 nitrogen and oxygen atoms in total. The summed E-state index contributed by atoms with van der Waals surface area (Å²) >= 11 is 11.3. The number of halogens is 2. The largest absolute Gasteiger partial charge is 0.263 e. The third kappa shape index (κ3) is 3.59. The second-order valence-corrected chi connectivity index (χ2v) is 6.36. The van der Waals surface area contributed by atoms with Crippen molar-refractivity contribution in [3.63, 3.8) is 0 Å². The molecule has 0 aliphatic heterocycles. The Labute approximate surface area is 127 Å². The highest BCUT2D eigenvalue weighted by atomic mass is 35.5. The minimum Gasteiger partial charge on any atom is -0.263 e. The maximum Gasteiger partial charge on any atom is 0.263 e. The van der Waals surface area contributed by atoms with E-state index in [9.17, 15) is 8.42 Å². The number of benzene rings is 1. The van der Waals surface area contributed by atoms with Crippen molar-refractivity contribution in [3.8, 4) is 0 Å². The number of nitrogens with zero attached hydrogens (tertiary/aromatic N) is 2. The Morgan fingerprint density at radius 2 is 1.80 bits per heavy atom. The number of sulfonamides is 1. The third-order valence-electron chi connectivity index (χ3n) is 2.55. The first-order valence-electron chi connectivity index (χ1n) is 5.72. The summed E-state index contributed by atoms with van der Waals surface area (Å²) in [5.74, 6) is 0.0227. The van der Waals surface area contributed by atoms with Crippen molar-refractivity contribution in [3.05, 3.63) is 46.3 Å². The van der Waals surface area contributed by atoms with Gasteiger partial charge in [0.25, 0.3) is 10.0 Å². The lowest BCUT2D eigenvalue weighted by molar-refractivity contribution is 0.601. The van der Waals surface area contributed by atoms with Crippen LogP contribution in [0.4, 0.5) is 5.82 Å². The molecule has 20 heavy (non-hydrogen) atoms. The standard InChI is InChI=1S/C12H11Cl2N3O2S/c1-2-8-3-5-9(6-4-8)20(18,19)17-11-7-10(13)15-12(14)16-11/h3-7H,2H2,1H3,(H,15,16,17). The van der Waals surface area contributed by atoms with Crippen LogP contribution in [0, 0.1) is 0 Å². The zero-order valence-corrected chi connectivity index (χ0v) is 12.8. The van der Waals surface area contributed by atoms with Gasteiger partial charge in [0.1, 0.15) is 11.0 Å². The van der Waals surface area contributed by atoms with Crippen molar-refractivity contribution in [2.75, 3.05) is 4.72 Å². The predicted molar refractivity (Wildman–Crippen MR) is 78.7 cm³/mol. The van der Waals surface area contributed by atoms with Crippen molar-refractivity contribution >= 4 is 39.0 Å². The molecule has 0 fully saturated rings. The van der Waals surface area contributed by atoms with E-state index in [0.717, 1.165) is 12.0 Å². The highest BCUT2D eigenvalue weighted by molar-refractivity contribution is 7.92. The number of aryl methyl sites for hydroxylation is 1. The first-order chi connectivity index (χ1) is 9.40. The molecule has 0 spiro atoms. The van der Waals surface area contributed by atoms with Gasteiger partial charge in [-0.2, -0.15) is 4.98 Å². The minimum atomic E-state index is -3.73. The lowest BCUT2D eigenvalue weighted by atomic mass is 10.2. The lowest BCUT2D eigenvalue weighted by Gasteiger charge is -2.08. The molecule has 1 heterocycles. The topological polar surface area (TPSA) is 72.0 Å². The van der Waals surface area contributed by atoms with E-state index in [2.05, 4.69) is 14.7 Å². The fraction of sp³-hybridized carbons (Fsp3) is 0.167. The van der Waals surface area contributed by atoms with Crippen LogP contribution in [0.2, 0.25) is 10.4 Å². The summed E-state index contributed by atoms with van der Waals surface area (Å²) in [7, 11) is -3.73. The second kappa shape index (κ2) is 5.95. The number of hydrogen-bond acceptors (Lipinski definition) is 4. The van der Waals surface area contributed by atoms with Crippen molar-refractivity contribution in [1.82, 2.24) is 9.97 Å². The van der Waals surface area contributed by atoms with Crippen LogP contribution in [-0.2, 0) is 16.4 Å². The van der Waals surface area contributed by atoms with Crippen LogP contribution in [0.5, 0.6) is 0 Å². The van der Waals surface area contributed by atoms with E-state index in [1.54, 1.807) is 12.1 Å². The van der Waals surface area contributed by atoms with E-state index in [-0.39, 0.29) is 21.2 Å². The smallest absolute Gasteiger partial charge is 0.263 e. The molecule has 0 radical (unpaired) electrons. The summed E-state index contributed by atoms with van der Waals surface area (Å²) < 4.78 is 26.6. The molecule has 0 bridgehead atoms. The summed E-state index contributed by atoms with van der Waals surface area (Å²) in [6.45, 7) is 1.99. The van der Waals surface area contributed by atoms with Gasteiger partial charge in [-0.3, -0.25) is 4.72 Å². The molecule has 0 aliphatic rings. The summed E-state index contributed by atoms with van der Waals surface area (Å²) in [6.07, 6.45) is 0.838. The molecular formula is C12H11Cl2N3O2S. The molecule has 0 saturated heterocycles. The van der Waals surface area contributed by atoms with E-state index in [1.807, 2.05) is 6.92 Å². The van der Waals surface area contributed by atoms with Gasteiger partial charge >= 0.3 is 0 Å². The third-order valence-corrected chi connectivity index (χ3v) is 4.28. The monoisotopic (exact) mass is 331 g/mol. The number of nitrogens with one attached hydrogen (secondary N) is 1. The van der Waals surface area contributed by atoms with Gasteiger partial charge < -0.3 is 0 Å². The molecule has 0 aliphatic carbocycles. The van der Waals surface area contributed by atoms with Crippen LogP contribution in [-0.4, -0.2) is 18.4 Å². The Morgan fingerprint density at radius 3 is 2.35 bits per heavy atom. The quantitative estimate of drug-likeness (QED) is 0.690. The summed E-state index contributed by atoms with van der Waals surface area (Å²) in [5.41, 5.74) is 1.05. The van der Waals surface area contributed by atoms with E-state index < -0.39 is 10.0 Å². The number of aromatic nitrogens is 2. The molecule has 1 aromatic heterocycles. The molecule has 1 aromatic carbocycles. The van der Waals surface area contributed by atoms with E-state index in [1.165, 1.54) is 18.2 Å². The van der Waals surface area contributed by atoms with Crippen LogP contribution < -0.4 is 4.72 Å². The first-order valence-corrected chi connectivity index (χ1v) is 7.96. The molecule has 2 rings (SSSR count). The molecule has 0 saturated carbocycles. The van der Waals surface area contributed by atoms with E-state index in [0.29, 0.717) is 0 Å². The van der Waals surface area contributed by atoms with Gasteiger partial charge in [-0.25, -0.2) is 13.4 Å². The fourth-order valence-corrected chi connectivity index (χ4v) is 2.94. The first kappa shape index (κ1) is 15.0. The molecule has 1 N–H and O–H groups in total. The van der Waals surface area contributed by atoms with Gasteiger partial charge in [0.05, 0.1) is 4.90 Å². The molecular weight excluding hydrogens is 321 g/mol. The Hall–Kier alpha value is -1.37. The highest BCUT2D eigenvalue weighted by Crippen LogP contribution is 2.19. The van der Waals surface area contributed by atoms with Crippen LogP contribution in [0.3, 0.4) is 0 Å². The Morgan fingerprint density at radius 1 is 1.15 bits per heavy atom. The van der Waals surface area contributed by atoms with Crippen LogP contribution in [0.15, 0.2) is 35.2 Å². The van der Waals surface area contributed by atoms with Crippen LogP contribution in [0.1, 0.15) is 12.5 Å². The lowest BCUT2D eigenvalue weighted by Crippen LogP contribution is -2.14. The molecule has 0 unspecified atom stereocenters. The summed E-state index contributed by atoms with van der Waals surface area (Å²) in [5, 5.41) is -0.0689. The maximum absolute atomic E-state index is 12.2. The molecule has 8 heteroatoms. The van der Waals surface area contributed by atoms with Gasteiger partial charge in [0, 0.05) is 6.07 Å². The SMILES string of the molecule is CCc1ccc(S(=O)(=O)Nc2cc(Cl)nc(Cl)n2)cc1. The number of anilines is 1. The van der Waals surface area contributed by atoms with Gasteiger partial charge in [-0.15, -0.1) is 0 Å². The number of hydrogen-bond donors (Lipinski definition) is 1. The minimum absolute atomic E-state index is 0.0227. The Bertz CT molecular complexity index is 698. The van der Waals surface area contributed by atoms with E-state index >= 15 is 0 Å². The van der Waals surface area contributed by atoms with Gasteiger partial charge in [-0.1, -0.05) is 30.7 Å². The van der Waals surface area contributed by atoms with Crippen molar-refractivity contribution in [2.24, 2.45) is 0 Å². The average Bonchev–Trinajstić information content (AvgIpc) is 2.37. The van der Waals surface area contributed by atoms with Gasteiger partial charge in [0.2, 0.25) is 5.28 Å². The normalized spacial score (nSPS) is 11.3. The molecule has 106 valence electrons. The zero-order chi connectivity index (χ0) is 14.8. The summed E-state index contributed by atoms with van der Waals surface area (Å²) in [6, 6.07) is 7.87. The van der Waals surface area contributed by atoms with Crippen molar-refractivity contribution < 1.29 is 8.42 Å². The fourth-order valence-electron chi connectivity index (χ4n) is 1.54. The number of rotatable bonds is 4. The highest BCUT2D eigenvalue weighted by Gasteiger charge is 2.15. The molecule has 0 atom stereocenters. The Kier molecular flexibility index (Phi) is 4.47.